The van der Waals surface area contributed by atoms with Gasteiger partial charge in [-0.1, -0.05) is 6.07 Å². The van der Waals surface area contributed by atoms with Crippen molar-refractivity contribution >= 4 is 22.8 Å². The molecule has 31 heavy (non-hydrogen) atoms. The monoisotopic (exact) mass is 453 g/mol. The summed E-state index contributed by atoms with van der Waals surface area (Å²) in [6.45, 7) is -0.279. The van der Waals surface area contributed by atoms with Crippen LogP contribution in [0.15, 0.2) is 30.3 Å². The lowest BCUT2D eigenvalue weighted by atomic mass is 10.1. The van der Waals surface area contributed by atoms with Crippen molar-refractivity contribution in [3.05, 3.63) is 41.5 Å². The lowest BCUT2D eigenvalue weighted by molar-refractivity contribution is -0.134. The van der Waals surface area contributed by atoms with E-state index in [2.05, 4.69) is 5.32 Å². The Bertz CT molecular complexity index is 867. The zero-order valence-electron chi connectivity index (χ0n) is 17.8. The molecule has 0 aliphatic heterocycles. The number of hydrogen-bond acceptors (Lipinski definition) is 8. The average Bonchev–Trinajstić information content (AvgIpc) is 2.76. The molecule has 10 heteroatoms. The minimum absolute atomic E-state index is 0.0526. The summed E-state index contributed by atoms with van der Waals surface area (Å²) < 4.78 is 33.9. The van der Waals surface area contributed by atoms with Gasteiger partial charge in [-0.15, -0.1) is 0 Å². The molecule has 2 unspecified atom stereocenters. The molecule has 3 N–H and O–H groups in total. The number of aliphatic carboxylic acids is 1. The van der Waals surface area contributed by atoms with Crippen LogP contribution in [0.3, 0.4) is 0 Å². The number of hydrogen-bond donors (Lipinski definition) is 3. The first-order valence-electron chi connectivity index (χ1n) is 9.28. The molecule has 2 aromatic carbocycles. The van der Waals surface area contributed by atoms with E-state index in [-0.39, 0.29) is 18.1 Å². The van der Waals surface area contributed by atoms with Gasteiger partial charge >= 0.3 is 5.97 Å². The molecule has 9 nitrogen and oxygen atoms in total. The Morgan fingerprint density at radius 2 is 1.65 bits per heavy atom. The number of anilines is 1. The van der Waals surface area contributed by atoms with Gasteiger partial charge in [0.15, 0.2) is 0 Å². The number of rotatable bonds is 12. The fourth-order valence-corrected chi connectivity index (χ4v) is 4.21. The predicted molar refractivity (Wildman–Crippen MR) is 117 cm³/mol. The Labute approximate surface area is 184 Å². The largest absolute Gasteiger partial charge is 0.616 e. The van der Waals surface area contributed by atoms with Crippen LogP contribution in [0.25, 0.3) is 0 Å². The van der Waals surface area contributed by atoms with Crippen molar-refractivity contribution in [2.45, 2.75) is 11.9 Å². The predicted octanol–water partition coefficient (Wildman–Crippen LogP) is 2.20. The maximum atomic E-state index is 12.7. The maximum Gasteiger partial charge on any atom is 0.322 e. The van der Waals surface area contributed by atoms with E-state index in [0.717, 1.165) is 0 Å². The van der Waals surface area contributed by atoms with Crippen LogP contribution in [0.4, 0.5) is 5.69 Å². The van der Waals surface area contributed by atoms with E-state index in [1.807, 2.05) is 0 Å². The van der Waals surface area contributed by atoms with E-state index in [4.69, 9.17) is 24.1 Å². The van der Waals surface area contributed by atoms with Crippen LogP contribution in [0.2, 0.25) is 0 Å². The van der Waals surface area contributed by atoms with Gasteiger partial charge in [0, 0.05) is 17.7 Å². The first kappa shape index (κ1) is 24.4. The van der Waals surface area contributed by atoms with Crippen molar-refractivity contribution in [2.24, 2.45) is 0 Å². The van der Waals surface area contributed by atoms with Gasteiger partial charge in [-0.2, -0.15) is 0 Å². The Morgan fingerprint density at radius 1 is 1.03 bits per heavy atom. The second-order valence-corrected chi connectivity index (χ2v) is 8.00. The molecule has 0 radical (unpaired) electrons. The molecule has 2 atom stereocenters. The highest BCUT2D eigenvalue weighted by molar-refractivity contribution is 7.90. The molecule has 0 saturated carbocycles. The number of benzene rings is 2. The molecule has 0 aromatic heterocycles. The number of carboxylic acids is 1. The first-order valence-corrected chi connectivity index (χ1v) is 10.8. The normalized spacial score (nSPS) is 12.6. The summed E-state index contributed by atoms with van der Waals surface area (Å²) in [7, 11) is 5.91. The van der Waals surface area contributed by atoms with Gasteiger partial charge in [-0.3, -0.25) is 4.79 Å². The minimum atomic E-state index is -1.44. The second-order valence-electron chi connectivity index (χ2n) is 6.49. The number of methoxy groups -OCH3 is 4. The molecule has 0 aliphatic rings. The third kappa shape index (κ3) is 6.58. The van der Waals surface area contributed by atoms with E-state index in [0.29, 0.717) is 39.8 Å². The van der Waals surface area contributed by atoms with Gasteiger partial charge in [0.05, 0.1) is 39.7 Å². The first-order chi connectivity index (χ1) is 14.8. The van der Waals surface area contributed by atoms with Crippen LogP contribution in [0, 0.1) is 0 Å². The Hall–Kier alpha value is -2.82. The standard InChI is InChI=1S/C21H27NO8S/c1-27-14-8-18(29-3)21(19(9-14)30-4)16(23)12-31(26)11-13-5-6-17(28-2)15(7-13)22-10-20(24)25/h5-9,16,22-23H,10-12H2,1-4H3,(H,24,25). The number of aliphatic hydroxyl groups excluding tert-OH is 1. The van der Waals surface area contributed by atoms with Crippen LogP contribution >= 0.6 is 0 Å². The van der Waals surface area contributed by atoms with Crippen LogP contribution < -0.4 is 24.3 Å². The molecule has 0 aliphatic carbocycles. The molecular formula is C21H27NO8S. The SMILES string of the molecule is COc1cc(OC)c(C(O)C[S+]([O-])Cc2ccc(OC)c(NCC(=O)O)c2)c(OC)c1. The van der Waals surface area contributed by atoms with E-state index in [1.54, 1.807) is 30.3 Å². The highest BCUT2D eigenvalue weighted by atomic mass is 32.2. The molecule has 0 heterocycles. The third-order valence-electron chi connectivity index (χ3n) is 4.45. The summed E-state index contributed by atoms with van der Waals surface area (Å²) in [6, 6.07) is 8.33. The average molecular weight is 454 g/mol. The third-order valence-corrected chi connectivity index (χ3v) is 5.79. The van der Waals surface area contributed by atoms with E-state index < -0.39 is 23.2 Å². The molecule has 0 bridgehead atoms. The number of carboxylic acid groups (broad SMARTS) is 1. The summed E-state index contributed by atoms with van der Waals surface area (Å²) in [5, 5.41) is 22.4. The smallest absolute Gasteiger partial charge is 0.322 e. The van der Waals surface area contributed by atoms with Gasteiger partial charge in [0.1, 0.15) is 47.2 Å². The number of nitrogens with one attached hydrogen (secondary N) is 1. The Morgan fingerprint density at radius 3 is 2.16 bits per heavy atom. The second kappa shape index (κ2) is 11.5. The number of carbonyl (C=O) groups is 1. The Balaban J connectivity index is 2.16. The van der Waals surface area contributed by atoms with Crippen LogP contribution in [-0.2, 0) is 21.7 Å². The highest BCUT2D eigenvalue weighted by Crippen LogP contribution is 2.39. The molecule has 0 spiro atoms. The number of ether oxygens (including phenoxy) is 4. The number of aliphatic hydroxyl groups is 1. The summed E-state index contributed by atoms with van der Waals surface area (Å²) >= 11 is -1.44. The van der Waals surface area contributed by atoms with Gasteiger partial charge in [0.25, 0.3) is 0 Å². The molecule has 0 amide bonds. The topological polar surface area (TPSA) is 130 Å². The molecule has 0 saturated heterocycles. The van der Waals surface area contributed by atoms with E-state index in [9.17, 15) is 14.5 Å². The quantitative estimate of drug-likeness (QED) is 0.414. The fraction of sp³-hybridized carbons (Fsp3) is 0.381. The fourth-order valence-electron chi connectivity index (χ4n) is 3.02. The van der Waals surface area contributed by atoms with Gasteiger partial charge in [0.2, 0.25) is 0 Å². The van der Waals surface area contributed by atoms with Gasteiger partial charge in [-0.25, -0.2) is 0 Å². The molecular weight excluding hydrogens is 426 g/mol. The summed E-state index contributed by atoms with van der Waals surface area (Å²) in [4.78, 5) is 10.8. The van der Waals surface area contributed by atoms with E-state index in [1.165, 1.54) is 28.4 Å². The van der Waals surface area contributed by atoms with Crippen molar-refractivity contribution in [3.8, 4) is 23.0 Å². The minimum Gasteiger partial charge on any atom is -0.616 e. The summed E-state index contributed by atoms with van der Waals surface area (Å²) in [5.41, 5.74) is 1.57. The van der Waals surface area contributed by atoms with Crippen LogP contribution in [0.5, 0.6) is 23.0 Å². The molecule has 0 fully saturated rings. The van der Waals surface area contributed by atoms with Gasteiger partial charge < -0.3 is 39.0 Å². The van der Waals surface area contributed by atoms with E-state index >= 15 is 0 Å². The highest BCUT2D eigenvalue weighted by Gasteiger charge is 2.25. The molecule has 2 rings (SSSR count). The van der Waals surface area contributed by atoms with Gasteiger partial charge in [-0.05, 0) is 23.3 Å². The summed E-state index contributed by atoms with van der Waals surface area (Å²) in [6.07, 6.45) is -1.10. The van der Waals surface area contributed by atoms with Crippen LogP contribution in [0.1, 0.15) is 17.2 Å². The summed E-state index contributed by atoms with van der Waals surface area (Å²) in [5.74, 6) is 0.804. The van der Waals surface area contributed by atoms with Crippen molar-refractivity contribution in [2.75, 3.05) is 46.1 Å². The maximum absolute atomic E-state index is 12.7. The Kier molecular flexibility index (Phi) is 9.10. The lowest BCUT2D eigenvalue weighted by Crippen LogP contribution is -2.18. The zero-order valence-corrected chi connectivity index (χ0v) is 18.7. The zero-order chi connectivity index (χ0) is 23.0. The molecule has 2 aromatic rings. The van der Waals surface area contributed by atoms with Crippen LogP contribution in [-0.4, -0.2) is 61.5 Å². The van der Waals surface area contributed by atoms with Crippen molar-refractivity contribution in [1.82, 2.24) is 0 Å². The van der Waals surface area contributed by atoms with Crippen molar-refractivity contribution in [1.29, 1.82) is 0 Å². The molecule has 170 valence electrons. The van der Waals surface area contributed by atoms with Crippen molar-refractivity contribution < 1.29 is 38.5 Å². The lowest BCUT2D eigenvalue weighted by Gasteiger charge is -2.21. The van der Waals surface area contributed by atoms with Crippen molar-refractivity contribution in [3.63, 3.8) is 0 Å².